The molecule has 0 aliphatic carbocycles. The number of morpholine rings is 1. The quantitative estimate of drug-likeness (QED) is 0.410. The van der Waals surface area contributed by atoms with E-state index in [0.29, 0.717) is 6.41 Å². The van der Waals surface area contributed by atoms with Crippen LogP contribution in [0.25, 0.3) is 0 Å². The summed E-state index contributed by atoms with van der Waals surface area (Å²) in [7, 11) is 0. The third-order valence-electron chi connectivity index (χ3n) is 1.61. The highest BCUT2D eigenvalue weighted by atomic mass is 16.5. The Hall–Kier alpha value is -0.740. The Labute approximate surface area is 65.9 Å². The second-order valence-electron chi connectivity index (χ2n) is 2.35. The molecule has 1 amide bonds. The Morgan fingerprint density at radius 1 is 1.45 bits per heavy atom. The van der Waals surface area contributed by atoms with E-state index >= 15 is 0 Å². The summed E-state index contributed by atoms with van der Waals surface area (Å²) in [5.74, 6) is 0. The molecule has 0 radical (unpaired) electrons. The van der Waals surface area contributed by atoms with Crippen molar-refractivity contribution in [3.05, 3.63) is 0 Å². The van der Waals surface area contributed by atoms with Crippen LogP contribution in [-0.2, 0) is 9.53 Å². The second-order valence-corrected chi connectivity index (χ2v) is 2.35. The molecule has 0 saturated carbocycles. The third-order valence-corrected chi connectivity index (χ3v) is 1.61. The Bertz CT molecular complexity index is 141. The summed E-state index contributed by atoms with van der Waals surface area (Å²) in [5, 5.41) is 0. The lowest BCUT2D eigenvalue weighted by atomic mass is 10.4. The fourth-order valence-electron chi connectivity index (χ4n) is 0.989. The molecule has 4 nitrogen and oxygen atoms in total. The molecule has 0 spiro atoms. The minimum absolute atomic E-state index is 0.556. The number of nitrogens with zero attached hydrogens (tertiary/aromatic N) is 2. The fourth-order valence-corrected chi connectivity index (χ4v) is 0.989. The zero-order chi connectivity index (χ0) is 7.94. The van der Waals surface area contributed by atoms with Crippen LogP contribution in [0, 0.1) is 0 Å². The molecular formula is C7H12N2O2. The maximum Gasteiger partial charge on any atom is 0.232 e. The monoisotopic (exact) mass is 156 g/mol. The first-order valence-electron chi connectivity index (χ1n) is 3.69. The zero-order valence-corrected chi connectivity index (χ0v) is 6.40. The van der Waals surface area contributed by atoms with Gasteiger partial charge in [-0.3, -0.25) is 9.69 Å². The number of rotatable bonds is 3. The molecule has 4 heteroatoms. The molecule has 1 fully saturated rings. The van der Waals surface area contributed by atoms with Crippen LogP contribution >= 0.6 is 0 Å². The van der Waals surface area contributed by atoms with Gasteiger partial charge in [0.1, 0.15) is 0 Å². The van der Waals surface area contributed by atoms with Crippen LogP contribution < -0.4 is 0 Å². The van der Waals surface area contributed by atoms with Crippen LogP contribution in [0.4, 0.5) is 0 Å². The lowest BCUT2D eigenvalue weighted by Gasteiger charge is -2.24. The van der Waals surface area contributed by atoms with E-state index in [1.165, 1.54) is 0 Å². The largest absolute Gasteiger partial charge is 0.379 e. The molecule has 0 unspecified atom stereocenters. The van der Waals surface area contributed by atoms with Crippen LogP contribution in [0.1, 0.15) is 0 Å². The van der Waals surface area contributed by atoms with Crippen LogP contribution in [0.3, 0.4) is 0 Å². The number of carbonyl (C=O) groups is 1. The molecule has 1 aliphatic rings. The molecule has 1 rings (SSSR count). The smallest absolute Gasteiger partial charge is 0.232 e. The maximum atomic E-state index is 9.81. The van der Waals surface area contributed by atoms with E-state index in [2.05, 4.69) is 9.89 Å². The summed E-state index contributed by atoms with van der Waals surface area (Å²) >= 11 is 0. The molecule has 1 heterocycles. The Morgan fingerprint density at radius 3 is 2.82 bits per heavy atom. The topological polar surface area (TPSA) is 41.9 Å². The first-order valence-corrected chi connectivity index (χ1v) is 3.69. The Kier molecular flexibility index (Phi) is 3.79. The number of amides is 1. The van der Waals surface area contributed by atoms with Crippen LogP contribution in [0.2, 0.25) is 0 Å². The standard InChI is InChI=1S/C7H12N2O2/c10-7-8-1-2-9-3-5-11-6-4-9/h1,7H,2-6H2. The van der Waals surface area contributed by atoms with Crippen molar-refractivity contribution in [2.75, 3.05) is 32.8 Å². The van der Waals surface area contributed by atoms with Crippen LogP contribution in [0.15, 0.2) is 4.99 Å². The summed E-state index contributed by atoms with van der Waals surface area (Å²) < 4.78 is 5.15. The van der Waals surface area contributed by atoms with Crippen LogP contribution in [-0.4, -0.2) is 50.4 Å². The number of aliphatic imine (C=N–C) groups is 1. The second kappa shape index (κ2) is 4.98. The number of carbonyl (C=O) groups excluding carboxylic acids is 1. The fraction of sp³-hybridized carbons (Fsp3) is 0.714. The molecule has 62 valence electrons. The molecule has 0 aromatic carbocycles. The third kappa shape index (κ3) is 3.25. The van der Waals surface area contributed by atoms with Gasteiger partial charge in [-0.15, -0.1) is 0 Å². The van der Waals surface area contributed by atoms with E-state index < -0.39 is 0 Å². The zero-order valence-electron chi connectivity index (χ0n) is 6.40. The average Bonchev–Trinajstić information content (AvgIpc) is 2.07. The number of hydrogen-bond acceptors (Lipinski definition) is 3. The van der Waals surface area contributed by atoms with Gasteiger partial charge in [0.2, 0.25) is 6.41 Å². The van der Waals surface area contributed by atoms with E-state index in [-0.39, 0.29) is 0 Å². The van der Waals surface area contributed by atoms with Crippen molar-refractivity contribution < 1.29 is 9.53 Å². The van der Waals surface area contributed by atoms with E-state index in [4.69, 9.17) is 4.74 Å². The molecule has 0 aromatic rings. The normalized spacial score (nSPS) is 20.7. The van der Waals surface area contributed by atoms with E-state index in [9.17, 15) is 4.79 Å². The minimum Gasteiger partial charge on any atom is -0.379 e. The summed E-state index contributed by atoms with van der Waals surface area (Å²) in [6, 6.07) is 0. The van der Waals surface area contributed by atoms with Gasteiger partial charge in [0.05, 0.1) is 13.2 Å². The molecule has 1 aliphatic heterocycles. The highest BCUT2D eigenvalue weighted by Crippen LogP contribution is 1.93. The summed E-state index contributed by atoms with van der Waals surface area (Å²) in [4.78, 5) is 15.5. The predicted octanol–water partition coefficient (Wildman–Crippen LogP) is -0.454. The van der Waals surface area contributed by atoms with E-state index in [1.807, 2.05) is 0 Å². The Morgan fingerprint density at radius 2 is 2.18 bits per heavy atom. The van der Waals surface area contributed by atoms with E-state index in [1.54, 1.807) is 6.21 Å². The Balaban J connectivity index is 2.14. The lowest BCUT2D eigenvalue weighted by Crippen LogP contribution is -2.37. The molecule has 11 heavy (non-hydrogen) atoms. The highest BCUT2D eigenvalue weighted by molar-refractivity contribution is 5.70. The first-order chi connectivity index (χ1) is 5.43. The summed E-state index contributed by atoms with van der Waals surface area (Å²) in [5.41, 5.74) is 0. The van der Waals surface area contributed by atoms with Crippen LogP contribution in [0.5, 0.6) is 0 Å². The molecule has 0 bridgehead atoms. The van der Waals surface area contributed by atoms with E-state index in [0.717, 1.165) is 32.8 Å². The van der Waals surface area contributed by atoms with Crippen molar-refractivity contribution >= 4 is 12.6 Å². The SMILES string of the molecule is O=CN=CCN1CCOCC1. The number of ether oxygens (including phenoxy) is 1. The molecule has 1 saturated heterocycles. The van der Waals surface area contributed by atoms with Gasteiger partial charge in [-0.1, -0.05) is 0 Å². The van der Waals surface area contributed by atoms with Gasteiger partial charge >= 0.3 is 0 Å². The minimum atomic E-state index is 0.556. The summed E-state index contributed by atoms with van der Waals surface area (Å²) in [6.07, 6.45) is 2.18. The predicted molar refractivity (Wildman–Crippen MR) is 41.8 cm³/mol. The van der Waals surface area contributed by atoms with Gasteiger partial charge in [0, 0.05) is 25.8 Å². The van der Waals surface area contributed by atoms with Gasteiger partial charge in [0.15, 0.2) is 0 Å². The molecule has 0 aromatic heterocycles. The molecular weight excluding hydrogens is 144 g/mol. The van der Waals surface area contributed by atoms with Gasteiger partial charge in [-0.25, -0.2) is 4.99 Å². The first kappa shape index (κ1) is 8.36. The van der Waals surface area contributed by atoms with Crippen molar-refractivity contribution in [1.29, 1.82) is 0 Å². The molecule has 0 N–H and O–H groups in total. The maximum absolute atomic E-state index is 9.81. The highest BCUT2D eigenvalue weighted by Gasteiger charge is 2.07. The van der Waals surface area contributed by atoms with Gasteiger partial charge in [-0.2, -0.15) is 0 Å². The summed E-state index contributed by atoms with van der Waals surface area (Å²) in [6.45, 7) is 4.20. The van der Waals surface area contributed by atoms with Crippen molar-refractivity contribution in [1.82, 2.24) is 4.90 Å². The van der Waals surface area contributed by atoms with Crippen molar-refractivity contribution in [2.24, 2.45) is 4.99 Å². The van der Waals surface area contributed by atoms with Gasteiger partial charge in [-0.05, 0) is 0 Å². The van der Waals surface area contributed by atoms with Crippen molar-refractivity contribution in [2.45, 2.75) is 0 Å². The van der Waals surface area contributed by atoms with Gasteiger partial charge < -0.3 is 4.74 Å². The average molecular weight is 156 g/mol. The van der Waals surface area contributed by atoms with Gasteiger partial charge in [0.25, 0.3) is 0 Å². The van der Waals surface area contributed by atoms with Crippen molar-refractivity contribution in [3.63, 3.8) is 0 Å². The molecule has 0 atom stereocenters. The van der Waals surface area contributed by atoms with Crippen molar-refractivity contribution in [3.8, 4) is 0 Å². The lowest BCUT2D eigenvalue weighted by molar-refractivity contribution is -0.106. The number of hydrogen-bond donors (Lipinski definition) is 0.